The molecule has 0 aromatic heterocycles. The van der Waals surface area contributed by atoms with Crippen LogP contribution in [0.2, 0.25) is 0 Å². The molecule has 10 atom stereocenters. The number of aliphatic hydroxyl groups is 3. The van der Waals surface area contributed by atoms with Gasteiger partial charge in [0, 0.05) is 25.3 Å². The van der Waals surface area contributed by atoms with Gasteiger partial charge in [-0.3, -0.25) is 14.4 Å². The summed E-state index contributed by atoms with van der Waals surface area (Å²) >= 11 is 0. The Bertz CT molecular complexity index is 1780. The van der Waals surface area contributed by atoms with Crippen molar-refractivity contribution in [3.63, 3.8) is 0 Å². The number of ether oxygens (including phenoxy) is 5. The molecule has 1 aromatic carbocycles. The second kappa shape index (κ2) is 14.7. The Morgan fingerprint density at radius 3 is 2.24 bits per heavy atom. The highest BCUT2D eigenvalue weighted by atomic mass is 16.7. The molecule has 302 valence electrons. The van der Waals surface area contributed by atoms with Crippen molar-refractivity contribution in [1.29, 1.82) is 0 Å². The number of benzene rings is 1. The van der Waals surface area contributed by atoms with Crippen LogP contribution in [-0.2, 0) is 38.1 Å². The molecule has 0 radical (unpaired) electrons. The molecular formula is C40H54N2O13. The molecule has 2 unspecified atom stereocenters. The number of carbonyl (C=O) groups excluding carboxylic acids is 5. The Labute approximate surface area is 320 Å². The summed E-state index contributed by atoms with van der Waals surface area (Å²) in [6.45, 7) is 15.6. The number of hydrogen-bond acceptors (Lipinski definition) is 13. The molecule has 2 amide bonds. The number of ketones is 1. The lowest BCUT2D eigenvalue weighted by Crippen LogP contribution is -2.79. The van der Waals surface area contributed by atoms with E-state index >= 15 is 4.79 Å². The molecule has 55 heavy (non-hydrogen) atoms. The zero-order valence-electron chi connectivity index (χ0n) is 33.1. The van der Waals surface area contributed by atoms with Crippen molar-refractivity contribution >= 4 is 29.7 Å². The maximum absolute atomic E-state index is 15.0. The molecule has 5 N–H and O–H groups in total. The summed E-state index contributed by atoms with van der Waals surface area (Å²) in [6, 6.07) is 6.84. The molecule has 1 aromatic rings. The first-order valence-electron chi connectivity index (χ1n) is 18.4. The molecule has 1 aliphatic carbocycles. The van der Waals surface area contributed by atoms with Gasteiger partial charge < -0.3 is 49.6 Å². The minimum Gasteiger partial charge on any atom is -0.453 e. The van der Waals surface area contributed by atoms with E-state index in [4.69, 9.17) is 23.7 Å². The highest BCUT2D eigenvalue weighted by Gasteiger charge is 2.80. The molecule has 1 saturated carbocycles. The molecule has 0 spiro atoms. The molecule has 2 bridgehead atoms. The fraction of sp³-hybridized carbons (Fsp3) is 0.625. The van der Waals surface area contributed by atoms with Gasteiger partial charge in [0.05, 0.1) is 35.6 Å². The summed E-state index contributed by atoms with van der Waals surface area (Å²) in [7, 11) is 0. The van der Waals surface area contributed by atoms with Crippen LogP contribution in [0.5, 0.6) is 0 Å². The quantitative estimate of drug-likeness (QED) is 0.139. The second-order valence-electron chi connectivity index (χ2n) is 17.0. The van der Waals surface area contributed by atoms with Gasteiger partial charge in [0.15, 0.2) is 23.6 Å². The number of esters is 2. The first kappa shape index (κ1) is 42.0. The minimum atomic E-state index is -2.46. The van der Waals surface area contributed by atoms with Crippen LogP contribution >= 0.6 is 0 Å². The van der Waals surface area contributed by atoms with E-state index in [9.17, 15) is 34.5 Å². The maximum Gasteiger partial charge on any atom is 0.408 e. The van der Waals surface area contributed by atoms with Crippen LogP contribution in [-0.4, -0.2) is 112 Å². The van der Waals surface area contributed by atoms with Gasteiger partial charge in [0.25, 0.3) is 5.91 Å². The Morgan fingerprint density at radius 1 is 1.05 bits per heavy atom. The first-order chi connectivity index (χ1) is 25.4. The molecule has 4 aliphatic rings. The van der Waals surface area contributed by atoms with Gasteiger partial charge in [-0.05, 0) is 66.2 Å². The fourth-order valence-corrected chi connectivity index (χ4v) is 8.68. The van der Waals surface area contributed by atoms with E-state index in [1.807, 2.05) is 0 Å². The number of fused-ring (bicyclic) bond motifs is 5. The maximum atomic E-state index is 15.0. The molecule has 15 heteroatoms. The van der Waals surface area contributed by atoms with Crippen LogP contribution in [0.1, 0.15) is 86.0 Å². The highest BCUT2D eigenvalue weighted by Crippen LogP contribution is 2.65. The van der Waals surface area contributed by atoms with Crippen molar-refractivity contribution in [2.24, 2.45) is 16.7 Å². The van der Waals surface area contributed by atoms with Crippen molar-refractivity contribution in [2.75, 3.05) is 13.2 Å². The Morgan fingerprint density at radius 2 is 1.69 bits per heavy atom. The first-order valence-corrected chi connectivity index (χ1v) is 18.4. The number of rotatable bonds is 9. The SMILES string of the molecule is CC(=O)O[C@@]12CO[C@@H]1C[C@H](O)[C@@]1(C)C(=O)[C@@H]3O[C@](O)(C(OC(=O)c4ccccc4)C12)C(C)(C)/C3=C(/C)CNC(=O)[C@H](O)[C@H](C=C(C)C)NC(=O)OC(C)(C)C. The third-order valence-corrected chi connectivity index (χ3v) is 11.3. The van der Waals surface area contributed by atoms with Crippen LogP contribution < -0.4 is 10.6 Å². The molecule has 15 nitrogen and oxygen atoms in total. The molecular weight excluding hydrogens is 716 g/mol. The summed E-state index contributed by atoms with van der Waals surface area (Å²) in [5, 5.41) is 40.9. The van der Waals surface area contributed by atoms with Crippen LogP contribution in [0.15, 0.2) is 53.1 Å². The van der Waals surface area contributed by atoms with Crippen LogP contribution in [0.25, 0.3) is 0 Å². The third-order valence-electron chi connectivity index (χ3n) is 11.3. The van der Waals surface area contributed by atoms with Crippen molar-refractivity contribution < 1.29 is 63.0 Å². The Hall–Kier alpha value is -4.15. The summed E-state index contributed by atoms with van der Waals surface area (Å²) in [5.41, 5.74) is -4.28. The third kappa shape index (κ3) is 7.32. The van der Waals surface area contributed by atoms with Gasteiger partial charge in [0.1, 0.15) is 17.8 Å². The molecule has 3 aliphatic heterocycles. The predicted octanol–water partition coefficient (Wildman–Crippen LogP) is 2.65. The number of amides is 2. The average molecular weight is 771 g/mol. The van der Waals surface area contributed by atoms with E-state index in [-0.39, 0.29) is 30.7 Å². The van der Waals surface area contributed by atoms with E-state index in [0.29, 0.717) is 11.1 Å². The second-order valence-corrected chi connectivity index (χ2v) is 17.0. The molecule has 3 saturated heterocycles. The van der Waals surface area contributed by atoms with Gasteiger partial charge in [0.2, 0.25) is 5.79 Å². The van der Waals surface area contributed by atoms with Gasteiger partial charge in [-0.2, -0.15) is 0 Å². The van der Waals surface area contributed by atoms with Crippen molar-refractivity contribution in [2.45, 2.75) is 129 Å². The smallest absolute Gasteiger partial charge is 0.408 e. The minimum absolute atomic E-state index is 0.101. The number of hydrogen-bond donors (Lipinski definition) is 5. The van der Waals surface area contributed by atoms with Crippen molar-refractivity contribution in [3.05, 3.63) is 58.7 Å². The summed E-state index contributed by atoms with van der Waals surface area (Å²) in [6.07, 6.45) is -6.69. The standard InChI is InChI=1S/C40H54N2O13/c1-20(2)16-24(42-35(49)55-36(5,6)7)28(45)33(47)41-18-21(3)27-29-31(46)38(10)25(44)17-26-39(19-51-26,53-22(4)43)30(38)32(40(50,54-29)37(27,8)9)52-34(48)23-14-12-11-13-15-23/h11-16,24-26,28-30,32,44-45,50H,17-19H2,1-10H3,(H,41,47)(H,42,49)/b27-21-/t24-,25-,26+,28+,29+,30?,32?,38+,39-,40+/m0/s1. The summed E-state index contributed by atoms with van der Waals surface area (Å²) in [5.74, 6) is -6.86. The van der Waals surface area contributed by atoms with E-state index < -0.39 is 100 Å². The Kier molecular flexibility index (Phi) is 11.3. The number of allylic oxidation sites excluding steroid dienone is 1. The molecule has 4 fully saturated rings. The van der Waals surface area contributed by atoms with Gasteiger partial charge >= 0.3 is 18.0 Å². The highest BCUT2D eigenvalue weighted by molar-refractivity contribution is 5.95. The topological polar surface area (TPSA) is 216 Å². The van der Waals surface area contributed by atoms with Crippen LogP contribution in [0, 0.1) is 16.7 Å². The van der Waals surface area contributed by atoms with Gasteiger partial charge in [-0.15, -0.1) is 0 Å². The number of Topliss-reactive ketones (excluding diaryl/α,β-unsaturated/α-hetero) is 1. The number of nitrogens with one attached hydrogen (secondary N) is 2. The number of aliphatic hydroxyl groups excluding tert-OH is 2. The molecule has 5 rings (SSSR count). The van der Waals surface area contributed by atoms with E-state index in [0.717, 1.165) is 0 Å². The lowest BCUT2D eigenvalue weighted by Gasteiger charge is -2.63. The number of carbonyl (C=O) groups is 5. The Balaban J connectivity index is 1.55. The summed E-state index contributed by atoms with van der Waals surface area (Å²) < 4.78 is 29.6. The lowest BCUT2D eigenvalue weighted by molar-refractivity contribution is -0.356. The normalized spacial score (nSPS) is 33.9. The van der Waals surface area contributed by atoms with Gasteiger partial charge in [-0.1, -0.05) is 49.3 Å². The van der Waals surface area contributed by atoms with Crippen LogP contribution in [0.3, 0.4) is 0 Å². The predicted molar refractivity (Wildman–Crippen MR) is 195 cm³/mol. The zero-order valence-corrected chi connectivity index (χ0v) is 33.1. The fourth-order valence-electron chi connectivity index (χ4n) is 8.68. The van der Waals surface area contributed by atoms with Crippen molar-refractivity contribution in [1.82, 2.24) is 10.6 Å². The largest absolute Gasteiger partial charge is 0.453 e. The average Bonchev–Trinajstić information content (AvgIpc) is 3.26. The van der Waals surface area contributed by atoms with E-state index in [2.05, 4.69) is 10.6 Å². The summed E-state index contributed by atoms with van der Waals surface area (Å²) in [4.78, 5) is 67.5. The monoisotopic (exact) mass is 770 g/mol. The van der Waals surface area contributed by atoms with Crippen LogP contribution in [0.4, 0.5) is 4.79 Å². The van der Waals surface area contributed by atoms with E-state index in [1.54, 1.807) is 73.6 Å². The zero-order chi connectivity index (χ0) is 41.1. The van der Waals surface area contributed by atoms with Gasteiger partial charge in [-0.25, -0.2) is 9.59 Å². The number of alkyl carbamates (subject to hydrolysis) is 1. The van der Waals surface area contributed by atoms with Crippen molar-refractivity contribution in [3.8, 4) is 0 Å². The lowest BCUT2D eigenvalue weighted by atomic mass is 9.49. The molecule has 3 heterocycles. The van der Waals surface area contributed by atoms with E-state index in [1.165, 1.54) is 32.1 Å².